The van der Waals surface area contributed by atoms with Gasteiger partial charge in [-0.1, -0.05) is 6.07 Å². The summed E-state index contributed by atoms with van der Waals surface area (Å²) in [4.78, 5) is -0.242. The summed E-state index contributed by atoms with van der Waals surface area (Å²) < 4.78 is 65.7. The summed E-state index contributed by atoms with van der Waals surface area (Å²) in [7, 11) is -3.84. The molecule has 20 heavy (non-hydrogen) atoms. The van der Waals surface area contributed by atoms with E-state index in [9.17, 15) is 21.6 Å². The highest BCUT2D eigenvalue weighted by Crippen LogP contribution is 2.27. The first kappa shape index (κ1) is 15.1. The second kappa shape index (κ2) is 5.23. The first-order valence-corrected chi connectivity index (χ1v) is 7.24. The first-order chi connectivity index (χ1) is 9.18. The van der Waals surface area contributed by atoms with Gasteiger partial charge in [0.05, 0.1) is 4.90 Å². The molecule has 1 aromatic carbocycles. The van der Waals surface area contributed by atoms with E-state index in [2.05, 4.69) is 4.74 Å². The maximum absolute atomic E-state index is 12.2. The standard InChI is InChI=1S/C11H13F3N2O3S/c12-11(13,14)19-9-2-1-3-10(6-9)20(17,18)16-5-4-8(15)7-16/h1-3,6,8H,4-5,7,15H2/t8-/m1/s1. The summed E-state index contributed by atoms with van der Waals surface area (Å²) in [6, 6.07) is 4.07. The van der Waals surface area contributed by atoms with Gasteiger partial charge in [-0.3, -0.25) is 0 Å². The fourth-order valence-corrected chi connectivity index (χ4v) is 3.50. The fraction of sp³-hybridized carbons (Fsp3) is 0.455. The molecule has 5 nitrogen and oxygen atoms in total. The predicted molar refractivity (Wildman–Crippen MR) is 64.5 cm³/mol. The molecule has 0 unspecified atom stereocenters. The molecule has 1 fully saturated rings. The Labute approximate surface area is 114 Å². The minimum Gasteiger partial charge on any atom is -0.406 e. The Hall–Kier alpha value is -1.32. The number of halogens is 3. The topological polar surface area (TPSA) is 72.6 Å². The highest BCUT2D eigenvalue weighted by atomic mass is 32.2. The Morgan fingerprint density at radius 2 is 2.05 bits per heavy atom. The van der Waals surface area contributed by atoms with Crippen LogP contribution in [0.4, 0.5) is 13.2 Å². The van der Waals surface area contributed by atoms with Crippen LogP contribution >= 0.6 is 0 Å². The molecule has 0 radical (unpaired) electrons. The Balaban J connectivity index is 2.26. The summed E-state index contributed by atoms with van der Waals surface area (Å²) in [6.07, 6.45) is -4.34. The number of ether oxygens (including phenoxy) is 1. The number of sulfonamides is 1. The van der Waals surface area contributed by atoms with Gasteiger partial charge in [0.2, 0.25) is 10.0 Å². The van der Waals surface area contributed by atoms with E-state index in [1.165, 1.54) is 12.1 Å². The number of hydrogen-bond acceptors (Lipinski definition) is 4. The van der Waals surface area contributed by atoms with Gasteiger partial charge in [-0.15, -0.1) is 13.2 Å². The third kappa shape index (κ3) is 3.41. The van der Waals surface area contributed by atoms with Crippen LogP contribution in [-0.2, 0) is 10.0 Å². The highest BCUT2D eigenvalue weighted by molar-refractivity contribution is 7.89. The summed E-state index contributed by atoms with van der Waals surface area (Å²) in [5.41, 5.74) is 5.63. The monoisotopic (exact) mass is 310 g/mol. The van der Waals surface area contributed by atoms with Crippen molar-refractivity contribution in [2.24, 2.45) is 5.73 Å². The smallest absolute Gasteiger partial charge is 0.406 e. The van der Waals surface area contributed by atoms with E-state index in [0.29, 0.717) is 6.42 Å². The zero-order valence-electron chi connectivity index (χ0n) is 10.3. The molecule has 1 aliphatic heterocycles. The molecular weight excluding hydrogens is 297 g/mol. The lowest BCUT2D eigenvalue weighted by Crippen LogP contribution is -2.32. The van der Waals surface area contributed by atoms with Crippen LogP contribution in [-0.4, -0.2) is 38.2 Å². The number of benzene rings is 1. The average molecular weight is 310 g/mol. The van der Waals surface area contributed by atoms with Gasteiger partial charge in [0.1, 0.15) is 5.75 Å². The number of nitrogens with zero attached hydrogens (tertiary/aromatic N) is 1. The Morgan fingerprint density at radius 1 is 1.35 bits per heavy atom. The van der Waals surface area contributed by atoms with Crippen LogP contribution in [0.2, 0.25) is 0 Å². The van der Waals surface area contributed by atoms with Gasteiger partial charge in [0, 0.05) is 25.2 Å². The lowest BCUT2D eigenvalue weighted by molar-refractivity contribution is -0.274. The van der Waals surface area contributed by atoms with E-state index in [-0.39, 0.29) is 24.0 Å². The van der Waals surface area contributed by atoms with Gasteiger partial charge < -0.3 is 10.5 Å². The molecule has 9 heteroatoms. The molecule has 112 valence electrons. The van der Waals surface area contributed by atoms with Crippen molar-refractivity contribution < 1.29 is 26.3 Å². The normalized spacial score (nSPS) is 21.1. The minimum atomic E-state index is -4.86. The molecule has 0 bridgehead atoms. The third-order valence-electron chi connectivity index (χ3n) is 2.86. The largest absolute Gasteiger partial charge is 0.573 e. The van der Waals surface area contributed by atoms with Crippen molar-refractivity contribution in [2.45, 2.75) is 23.7 Å². The molecule has 2 N–H and O–H groups in total. The summed E-state index contributed by atoms with van der Waals surface area (Å²) >= 11 is 0. The number of rotatable bonds is 3. The van der Waals surface area contributed by atoms with E-state index >= 15 is 0 Å². The van der Waals surface area contributed by atoms with Crippen LogP contribution in [0.5, 0.6) is 5.75 Å². The maximum Gasteiger partial charge on any atom is 0.573 e. The molecule has 0 saturated carbocycles. The molecule has 0 aromatic heterocycles. The van der Waals surface area contributed by atoms with E-state index in [4.69, 9.17) is 5.73 Å². The molecule has 1 atom stereocenters. The first-order valence-electron chi connectivity index (χ1n) is 5.80. The predicted octanol–water partition coefficient (Wildman–Crippen LogP) is 1.31. The van der Waals surface area contributed by atoms with Crippen LogP contribution in [0.3, 0.4) is 0 Å². The zero-order chi connectivity index (χ0) is 15.0. The van der Waals surface area contributed by atoms with Crippen molar-refractivity contribution in [3.63, 3.8) is 0 Å². The van der Waals surface area contributed by atoms with Gasteiger partial charge in [-0.05, 0) is 18.6 Å². The van der Waals surface area contributed by atoms with Crippen LogP contribution in [0.1, 0.15) is 6.42 Å². The van der Waals surface area contributed by atoms with Crippen molar-refractivity contribution >= 4 is 10.0 Å². The van der Waals surface area contributed by atoms with E-state index < -0.39 is 22.1 Å². The summed E-state index contributed by atoms with van der Waals surface area (Å²) in [5.74, 6) is -0.568. The maximum atomic E-state index is 12.2. The molecule has 1 saturated heterocycles. The lowest BCUT2D eigenvalue weighted by Gasteiger charge is -2.16. The van der Waals surface area contributed by atoms with E-state index in [0.717, 1.165) is 16.4 Å². The molecular formula is C11H13F3N2O3S. The number of alkyl halides is 3. The molecule has 1 aliphatic rings. The Kier molecular flexibility index (Phi) is 3.94. The van der Waals surface area contributed by atoms with Gasteiger partial charge in [0.15, 0.2) is 0 Å². The minimum absolute atomic E-state index is 0.159. The molecule has 1 heterocycles. The highest BCUT2D eigenvalue weighted by Gasteiger charge is 2.33. The van der Waals surface area contributed by atoms with Gasteiger partial charge >= 0.3 is 6.36 Å². The number of hydrogen-bond donors (Lipinski definition) is 1. The van der Waals surface area contributed by atoms with Crippen molar-refractivity contribution in [2.75, 3.05) is 13.1 Å². The SMILES string of the molecule is N[C@@H]1CCN(S(=O)(=O)c2cccc(OC(F)(F)F)c2)C1. The van der Waals surface area contributed by atoms with Crippen molar-refractivity contribution in [3.05, 3.63) is 24.3 Å². The van der Waals surface area contributed by atoms with E-state index in [1.807, 2.05) is 0 Å². The fourth-order valence-electron chi connectivity index (χ4n) is 1.95. The number of nitrogens with two attached hydrogens (primary N) is 1. The summed E-state index contributed by atoms with van der Waals surface area (Å²) in [6.45, 7) is 0.417. The van der Waals surface area contributed by atoms with Crippen molar-refractivity contribution in [1.29, 1.82) is 0 Å². The third-order valence-corrected chi connectivity index (χ3v) is 4.73. The molecule has 2 rings (SSSR count). The quantitative estimate of drug-likeness (QED) is 0.913. The van der Waals surface area contributed by atoms with Gasteiger partial charge in [-0.25, -0.2) is 8.42 Å². The Morgan fingerprint density at radius 3 is 2.60 bits per heavy atom. The van der Waals surface area contributed by atoms with Gasteiger partial charge in [-0.2, -0.15) is 4.31 Å². The zero-order valence-corrected chi connectivity index (χ0v) is 11.1. The molecule has 1 aromatic rings. The molecule has 0 spiro atoms. The van der Waals surface area contributed by atoms with Crippen molar-refractivity contribution in [3.8, 4) is 5.75 Å². The summed E-state index contributed by atoms with van der Waals surface area (Å²) in [5, 5.41) is 0. The lowest BCUT2D eigenvalue weighted by atomic mass is 10.3. The second-order valence-corrected chi connectivity index (χ2v) is 6.37. The van der Waals surface area contributed by atoms with E-state index in [1.54, 1.807) is 0 Å². The van der Waals surface area contributed by atoms with Crippen molar-refractivity contribution in [1.82, 2.24) is 4.31 Å². The van der Waals surface area contributed by atoms with Crippen LogP contribution < -0.4 is 10.5 Å². The van der Waals surface area contributed by atoms with Crippen LogP contribution in [0.15, 0.2) is 29.2 Å². The molecule has 0 aliphatic carbocycles. The Bertz CT molecular complexity index is 589. The second-order valence-electron chi connectivity index (χ2n) is 4.43. The average Bonchev–Trinajstić information content (AvgIpc) is 2.74. The van der Waals surface area contributed by atoms with Crippen LogP contribution in [0, 0.1) is 0 Å². The van der Waals surface area contributed by atoms with Crippen LogP contribution in [0.25, 0.3) is 0 Å². The molecule has 0 amide bonds. The van der Waals surface area contributed by atoms with Gasteiger partial charge in [0.25, 0.3) is 0 Å².